The van der Waals surface area contributed by atoms with E-state index in [-0.39, 0.29) is 25.3 Å². The van der Waals surface area contributed by atoms with E-state index in [1.54, 1.807) is 0 Å². The SMILES string of the molecule is CCCCCCCCCCCCCCCN(CCCCCCCCCCCCCCC)CCCCCC(=O)[O-].[Li+]. The number of rotatable bonds is 34. The van der Waals surface area contributed by atoms with Gasteiger partial charge in [0, 0.05) is 5.97 Å². The second kappa shape index (κ2) is 37.1. The molecule has 0 aliphatic rings. The molecule has 0 spiro atoms. The minimum absolute atomic E-state index is 0. The van der Waals surface area contributed by atoms with E-state index < -0.39 is 5.97 Å². The summed E-state index contributed by atoms with van der Waals surface area (Å²) in [6, 6.07) is 0. The van der Waals surface area contributed by atoms with Gasteiger partial charge in [-0.25, -0.2) is 0 Å². The maximum atomic E-state index is 10.7. The van der Waals surface area contributed by atoms with Crippen LogP contribution in [0.2, 0.25) is 0 Å². The van der Waals surface area contributed by atoms with E-state index in [1.165, 1.54) is 180 Å². The molecule has 0 aromatic heterocycles. The molecule has 40 heavy (non-hydrogen) atoms. The molecule has 0 N–H and O–H groups in total. The monoisotopic (exact) mass is 558 g/mol. The van der Waals surface area contributed by atoms with Gasteiger partial charge in [-0.05, 0) is 51.7 Å². The van der Waals surface area contributed by atoms with Crippen LogP contribution in [0.15, 0.2) is 0 Å². The molecule has 0 fully saturated rings. The summed E-state index contributed by atoms with van der Waals surface area (Å²) in [6.45, 7) is 8.19. The van der Waals surface area contributed by atoms with Gasteiger partial charge < -0.3 is 14.8 Å². The molecule has 0 aromatic carbocycles. The van der Waals surface area contributed by atoms with Gasteiger partial charge in [0.25, 0.3) is 0 Å². The first-order chi connectivity index (χ1) is 19.2. The maximum absolute atomic E-state index is 10.7. The Labute approximate surface area is 265 Å². The van der Waals surface area contributed by atoms with Gasteiger partial charge in [0.05, 0.1) is 0 Å². The first-order valence-electron chi connectivity index (χ1n) is 18.1. The molecule has 0 atom stereocenters. The van der Waals surface area contributed by atoms with E-state index in [4.69, 9.17) is 0 Å². The van der Waals surface area contributed by atoms with E-state index in [1.807, 2.05) is 0 Å². The zero-order chi connectivity index (χ0) is 28.5. The third-order valence-corrected chi connectivity index (χ3v) is 8.51. The molecule has 0 rings (SSSR count). The smallest absolute Gasteiger partial charge is 0.550 e. The second-order valence-corrected chi connectivity index (χ2v) is 12.5. The summed E-state index contributed by atoms with van der Waals surface area (Å²) in [5.41, 5.74) is 0. The summed E-state index contributed by atoms with van der Waals surface area (Å²) < 4.78 is 0. The van der Waals surface area contributed by atoms with Crippen molar-refractivity contribution in [3.63, 3.8) is 0 Å². The molecule has 0 heterocycles. The summed E-state index contributed by atoms with van der Waals surface area (Å²) in [5.74, 6) is -0.897. The average molecular weight is 558 g/mol. The third kappa shape index (κ3) is 36.1. The second-order valence-electron chi connectivity index (χ2n) is 12.5. The van der Waals surface area contributed by atoms with Crippen molar-refractivity contribution in [1.29, 1.82) is 0 Å². The summed E-state index contributed by atoms with van der Waals surface area (Å²) in [4.78, 5) is 13.4. The molecule has 4 heteroatoms. The van der Waals surface area contributed by atoms with E-state index >= 15 is 0 Å². The van der Waals surface area contributed by atoms with Crippen LogP contribution >= 0.6 is 0 Å². The van der Waals surface area contributed by atoms with Crippen LogP contribution in [0.1, 0.15) is 206 Å². The molecule has 0 unspecified atom stereocenters. The molecule has 0 aromatic rings. The fourth-order valence-corrected chi connectivity index (χ4v) is 5.82. The number of hydrogen-bond acceptors (Lipinski definition) is 3. The Bertz CT molecular complexity index is 444. The van der Waals surface area contributed by atoms with Gasteiger partial charge in [0.2, 0.25) is 0 Å². The molecule has 234 valence electrons. The summed E-state index contributed by atoms with van der Waals surface area (Å²) >= 11 is 0. The van der Waals surface area contributed by atoms with Crippen LogP contribution in [0, 0.1) is 0 Å². The number of carbonyl (C=O) groups excluding carboxylic acids is 1. The van der Waals surface area contributed by atoms with Gasteiger partial charge in [-0.15, -0.1) is 0 Å². The normalized spacial score (nSPS) is 11.3. The van der Waals surface area contributed by atoms with Crippen molar-refractivity contribution in [3.8, 4) is 0 Å². The number of carboxylic acid groups (broad SMARTS) is 1. The minimum atomic E-state index is -0.897. The van der Waals surface area contributed by atoms with Crippen molar-refractivity contribution in [2.24, 2.45) is 0 Å². The Morgan fingerprint density at radius 3 is 0.875 bits per heavy atom. The molecule has 3 nitrogen and oxygen atoms in total. The van der Waals surface area contributed by atoms with Gasteiger partial charge in [0.15, 0.2) is 0 Å². The van der Waals surface area contributed by atoms with Gasteiger partial charge >= 0.3 is 18.9 Å². The molecular weight excluding hydrogens is 485 g/mol. The van der Waals surface area contributed by atoms with E-state index in [0.717, 1.165) is 25.8 Å². The van der Waals surface area contributed by atoms with Crippen LogP contribution in [0.3, 0.4) is 0 Å². The maximum Gasteiger partial charge on any atom is 1.00 e. The standard InChI is InChI=1S/C36H73NO2.Li/c1-3-5-7-9-11-13-15-17-19-21-23-25-29-33-37(35-31-27-28-32-36(38)39)34-30-26-24-22-20-18-16-14-12-10-8-6-4-2;/h3-35H2,1-2H3,(H,38,39);/q;+1/p-1. The zero-order valence-corrected chi connectivity index (χ0v) is 28.1. The fourth-order valence-electron chi connectivity index (χ4n) is 5.82. The quantitative estimate of drug-likeness (QED) is 0.0599. The number of unbranched alkanes of at least 4 members (excludes halogenated alkanes) is 26. The summed E-state index contributed by atoms with van der Waals surface area (Å²) in [6.07, 6.45) is 39.8. The topological polar surface area (TPSA) is 43.4 Å². The number of nitrogens with zero attached hydrogens (tertiary/aromatic N) is 1. The summed E-state index contributed by atoms with van der Waals surface area (Å²) in [7, 11) is 0. The molecule has 0 saturated heterocycles. The first-order valence-corrected chi connectivity index (χ1v) is 18.1. The Morgan fingerprint density at radius 1 is 0.400 bits per heavy atom. The van der Waals surface area contributed by atoms with E-state index in [9.17, 15) is 9.90 Å². The predicted octanol–water partition coefficient (Wildman–Crippen LogP) is 7.79. The molecule has 0 bridgehead atoms. The molecule has 0 amide bonds. The van der Waals surface area contributed by atoms with Crippen LogP contribution in [-0.4, -0.2) is 30.5 Å². The predicted molar refractivity (Wildman–Crippen MR) is 171 cm³/mol. The fraction of sp³-hybridized carbons (Fsp3) is 0.972. The van der Waals surface area contributed by atoms with E-state index in [0.29, 0.717) is 0 Å². The molecule has 0 aliphatic carbocycles. The van der Waals surface area contributed by atoms with Crippen LogP contribution < -0.4 is 24.0 Å². The van der Waals surface area contributed by atoms with Crippen molar-refractivity contribution >= 4 is 5.97 Å². The van der Waals surface area contributed by atoms with Crippen LogP contribution in [0.25, 0.3) is 0 Å². The van der Waals surface area contributed by atoms with Crippen molar-refractivity contribution in [3.05, 3.63) is 0 Å². The molecule has 0 aliphatic heterocycles. The van der Waals surface area contributed by atoms with Crippen LogP contribution in [0.5, 0.6) is 0 Å². The van der Waals surface area contributed by atoms with Crippen molar-refractivity contribution in [1.82, 2.24) is 4.90 Å². The average Bonchev–Trinajstić information content (AvgIpc) is 2.93. The third-order valence-electron chi connectivity index (χ3n) is 8.51. The molecular formula is C36H72LiNO2. The Balaban J connectivity index is 0. The van der Waals surface area contributed by atoms with Crippen LogP contribution in [0.4, 0.5) is 0 Å². The Hall–Kier alpha value is 0.0274. The largest absolute Gasteiger partial charge is 1.00 e. The number of carboxylic acids is 1. The van der Waals surface area contributed by atoms with E-state index in [2.05, 4.69) is 18.7 Å². The first kappa shape index (κ1) is 42.2. The van der Waals surface area contributed by atoms with Gasteiger partial charge in [-0.1, -0.05) is 174 Å². The summed E-state index contributed by atoms with van der Waals surface area (Å²) in [5, 5.41) is 10.7. The zero-order valence-electron chi connectivity index (χ0n) is 28.1. The van der Waals surface area contributed by atoms with Gasteiger partial charge in [-0.3, -0.25) is 0 Å². The molecule has 0 saturated carbocycles. The van der Waals surface area contributed by atoms with Gasteiger partial charge in [-0.2, -0.15) is 0 Å². The Kier molecular flexibility index (Phi) is 39.1. The van der Waals surface area contributed by atoms with Crippen molar-refractivity contribution in [2.75, 3.05) is 19.6 Å². The van der Waals surface area contributed by atoms with Crippen LogP contribution in [-0.2, 0) is 4.79 Å². The number of carbonyl (C=O) groups is 1. The number of hydrogen-bond donors (Lipinski definition) is 0. The van der Waals surface area contributed by atoms with Gasteiger partial charge in [0.1, 0.15) is 0 Å². The van der Waals surface area contributed by atoms with Crippen molar-refractivity contribution in [2.45, 2.75) is 206 Å². The molecule has 0 radical (unpaired) electrons. The Morgan fingerprint density at radius 2 is 0.625 bits per heavy atom. The minimum Gasteiger partial charge on any atom is -0.550 e. The van der Waals surface area contributed by atoms with Crippen molar-refractivity contribution < 1.29 is 28.8 Å². The number of aliphatic carboxylic acids is 1.